The van der Waals surface area contributed by atoms with E-state index < -0.39 is 0 Å². The predicted octanol–water partition coefficient (Wildman–Crippen LogP) is 4.01. The Kier molecular flexibility index (Phi) is 4.92. The third-order valence-electron chi connectivity index (χ3n) is 5.24. The Bertz CT molecular complexity index is 761. The zero-order valence-corrected chi connectivity index (χ0v) is 16.2. The number of hydrogen-bond acceptors (Lipinski definition) is 4. The number of hydrogen-bond donors (Lipinski definition) is 1. The van der Waals surface area contributed by atoms with Crippen LogP contribution in [0.2, 0.25) is 0 Å². The molecule has 0 spiro atoms. The van der Waals surface area contributed by atoms with E-state index in [0.717, 1.165) is 56.0 Å². The second-order valence-corrected chi connectivity index (χ2v) is 8.25. The molecule has 1 saturated carbocycles. The molecule has 1 aliphatic carbocycles. The molecule has 1 aliphatic heterocycles. The molecule has 0 saturated heterocycles. The highest BCUT2D eigenvalue weighted by molar-refractivity contribution is 14.1. The fourth-order valence-electron chi connectivity index (χ4n) is 3.91. The predicted molar refractivity (Wildman–Crippen MR) is 106 cm³/mol. The fraction of sp³-hybridized carbons (Fsp3) is 0.421. The van der Waals surface area contributed by atoms with Crippen LogP contribution in [0.4, 0.5) is 15.9 Å². The van der Waals surface area contributed by atoms with E-state index in [1.54, 1.807) is 6.07 Å². The largest absolute Gasteiger partial charge is 0.328 e. The van der Waals surface area contributed by atoms with Crippen LogP contribution < -0.4 is 10.6 Å². The fourth-order valence-corrected chi connectivity index (χ4v) is 4.44. The van der Waals surface area contributed by atoms with Gasteiger partial charge in [-0.3, -0.25) is 4.90 Å². The molecular formula is C19H22FIN4. The van der Waals surface area contributed by atoms with Crippen LogP contribution in [-0.2, 0) is 6.54 Å². The molecule has 25 heavy (non-hydrogen) atoms. The summed E-state index contributed by atoms with van der Waals surface area (Å²) in [5.74, 6) is 0.598. The van der Waals surface area contributed by atoms with E-state index in [4.69, 9.17) is 5.73 Å². The summed E-state index contributed by atoms with van der Waals surface area (Å²) in [4.78, 5) is 9.06. The quantitative estimate of drug-likeness (QED) is 0.700. The van der Waals surface area contributed by atoms with Gasteiger partial charge in [-0.05, 0) is 72.5 Å². The first kappa shape index (κ1) is 17.2. The first-order valence-corrected chi connectivity index (χ1v) is 9.85. The van der Waals surface area contributed by atoms with E-state index in [1.165, 1.54) is 9.77 Å². The molecule has 2 heterocycles. The number of benzene rings is 1. The van der Waals surface area contributed by atoms with Crippen molar-refractivity contribution in [1.29, 1.82) is 0 Å². The van der Waals surface area contributed by atoms with Gasteiger partial charge in [0.2, 0.25) is 0 Å². The van der Waals surface area contributed by atoms with Crippen LogP contribution in [0.25, 0.3) is 0 Å². The molecule has 1 fully saturated rings. The van der Waals surface area contributed by atoms with Crippen LogP contribution in [0.3, 0.4) is 0 Å². The third kappa shape index (κ3) is 3.66. The van der Waals surface area contributed by atoms with E-state index in [0.29, 0.717) is 12.1 Å². The van der Waals surface area contributed by atoms with Gasteiger partial charge in [0.15, 0.2) is 0 Å². The maximum atomic E-state index is 13.8. The van der Waals surface area contributed by atoms with E-state index in [2.05, 4.69) is 61.6 Å². The van der Waals surface area contributed by atoms with Crippen LogP contribution in [0.15, 0.2) is 36.5 Å². The van der Waals surface area contributed by atoms with Crippen LogP contribution in [0, 0.1) is 9.39 Å². The number of rotatable bonds is 2. The summed E-state index contributed by atoms with van der Waals surface area (Å²) in [7, 11) is 0. The lowest BCUT2D eigenvalue weighted by atomic mass is 9.90. The van der Waals surface area contributed by atoms with E-state index >= 15 is 0 Å². The van der Waals surface area contributed by atoms with Gasteiger partial charge < -0.3 is 10.6 Å². The standard InChI is InChI=1S/C19H22FIN4/c20-14-8-13-11-24(17-6-4-16(22)5-7-17)12-25(19(13)23-10-14)18-3-1-2-15(21)9-18/h1-3,8-10,16-17H,4-7,11-12,22H2. The molecule has 6 heteroatoms. The number of nitrogens with zero attached hydrogens (tertiary/aromatic N) is 3. The van der Waals surface area contributed by atoms with Crippen LogP contribution in [0.5, 0.6) is 0 Å². The minimum Gasteiger partial charge on any atom is -0.328 e. The third-order valence-corrected chi connectivity index (χ3v) is 5.91. The summed E-state index contributed by atoms with van der Waals surface area (Å²) in [6, 6.07) is 10.8. The smallest absolute Gasteiger partial charge is 0.141 e. The first-order chi connectivity index (χ1) is 12.1. The molecule has 0 amide bonds. The summed E-state index contributed by atoms with van der Waals surface area (Å²) >= 11 is 2.32. The molecule has 0 unspecified atom stereocenters. The lowest BCUT2D eigenvalue weighted by Gasteiger charge is -2.43. The summed E-state index contributed by atoms with van der Waals surface area (Å²) in [5.41, 5.74) is 8.13. The molecule has 0 atom stereocenters. The van der Waals surface area contributed by atoms with Gasteiger partial charge in [0, 0.05) is 33.4 Å². The summed E-state index contributed by atoms with van der Waals surface area (Å²) in [5, 5.41) is 0. The van der Waals surface area contributed by atoms with Gasteiger partial charge in [-0.2, -0.15) is 0 Å². The van der Waals surface area contributed by atoms with Gasteiger partial charge in [0.25, 0.3) is 0 Å². The minimum absolute atomic E-state index is 0.270. The molecular weight excluding hydrogens is 430 g/mol. The molecule has 132 valence electrons. The lowest BCUT2D eigenvalue weighted by Crippen LogP contribution is -2.48. The number of nitrogens with two attached hydrogens (primary N) is 1. The van der Waals surface area contributed by atoms with Crippen molar-refractivity contribution in [2.45, 2.75) is 44.3 Å². The number of fused-ring (bicyclic) bond motifs is 1. The van der Waals surface area contributed by atoms with Crippen molar-refractivity contribution in [1.82, 2.24) is 9.88 Å². The number of aromatic nitrogens is 1. The highest BCUT2D eigenvalue weighted by Gasteiger charge is 2.31. The number of halogens is 2. The van der Waals surface area contributed by atoms with Crippen molar-refractivity contribution < 1.29 is 4.39 Å². The molecule has 2 aliphatic rings. The maximum Gasteiger partial charge on any atom is 0.141 e. The van der Waals surface area contributed by atoms with Crippen molar-refractivity contribution in [2.75, 3.05) is 11.6 Å². The van der Waals surface area contributed by atoms with Crippen molar-refractivity contribution in [3.63, 3.8) is 0 Å². The minimum atomic E-state index is -0.270. The van der Waals surface area contributed by atoms with Crippen LogP contribution >= 0.6 is 22.6 Å². The number of anilines is 2. The van der Waals surface area contributed by atoms with Crippen molar-refractivity contribution in [2.24, 2.45) is 5.73 Å². The highest BCUT2D eigenvalue weighted by atomic mass is 127. The Morgan fingerprint density at radius 2 is 1.96 bits per heavy atom. The van der Waals surface area contributed by atoms with Crippen molar-refractivity contribution in [3.8, 4) is 0 Å². The molecule has 2 N–H and O–H groups in total. The van der Waals surface area contributed by atoms with E-state index in [9.17, 15) is 4.39 Å². The van der Waals surface area contributed by atoms with Gasteiger partial charge in [-0.15, -0.1) is 0 Å². The molecule has 0 bridgehead atoms. The topological polar surface area (TPSA) is 45.4 Å². The molecule has 1 aromatic heterocycles. The average Bonchev–Trinajstić information content (AvgIpc) is 2.61. The van der Waals surface area contributed by atoms with Gasteiger partial charge in [-0.1, -0.05) is 6.07 Å². The molecule has 4 nitrogen and oxygen atoms in total. The van der Waals surface area contributed by atoms with Crippen molar-refractivity contribution in [3.05, 3.63) is 51.5 Å². The second kappa shape index (κ2) is 7.17. The van der Waals surface area contributed by atoms with Crippen LogP contribution in [-0.4, -0.2) is 28.6 Å². The summed E-state index contributed by atoms with van der Waals surface area (Å²) in [6.07, 6.45) is 5.67. The second-order valence-electron chi connectivity index (χ2n) is 7.00. The highest BCUT2D eigenvalue weighted by Crippen LogP contribution is 2.35. The lowest BCUT2D eigenvalue weighted by molar-refractivity contribution is 0.138. The Hall–Kier alpha value is -1.25. The van der Waals surface area contributed by atoms with E-state index in [1.807, 2.05) is 0 Å². The van der Waals surface area contributed by atoms with Gasteiger partial charge in [-0.25, -0.2) is 9.37 Å². The number of pyridine rings is 1. The van der Waals surface area contributed by atoms with E-state index in [-0.39, 0.29) is 5.82 Å². The molecule has 1 aromatic carbocycles. The molecule has 2 aromatic rings. The van der Waals surface area contributed by atoms with Crippen molar-refractivity contribution >= 4 is 34.1 Å². The first-order valence-electron chi connectivity index (χ1n) is 8.77. The Morgan fingerprint density at radius 1 is 1.16 bits per heavy atom. The average molecular weight is 452 g/mol. The van der Waals surface area contributed by atoms with Gasteiger partial charge in [0.05, 0.1) is 12.9 Å². The Labute approximate surface area is 161 Å². The normalized spacial score (nSPS) is 24.2. The monoisotopic (exact) mass is 452 g/mol. The SMILES string of the molecule is NC1CCC(N2Cc3cc(F)cnc3N(c3cccc(I)c3)C2)CC1. The van der Waals surface area contributed by atoms with Crippen LogP contribution in [0.1, 0.15) is 31.2 Å². The molecule has 4 rings (SSSR count). The maximum absolute atomic E-state index is 13.8. The zero-order chi connectivity index (χ0) is 17.4. The van der Waals surface area contributed by atoms with Gasteiger partial charge in [0.1, 0.15) is 11.6 Å². The summed E-state index contributed by atoms with van der Waals surface area (Å²) in [6.45, 7) is 1.53. The summed E-state index contributed by atoms with van der Waals surface area (Å²) < 4.78 is 15.0. The Morgan fingerprint density at radius 3 is 2.72 bits per heavy atom. The van der Waals surface area contributed by atoms with Gasteiger partial charge >= 0.3 is 0 Å². The zero-order valence-electron chi connectivity index (χ0n) is 14.0. The Balaban J connectivity index is 1.68. The molecule has 0 radical (unpaired) electrons.